The van der Waals surface area contributed by atoms with Gasteiger partial charge in [0, 0.05) is 25.2 Å². The van der Waals surface area contributed by atoms with Crippen molar-refractivity contribution in [1.82, 2.24) is 25.0 Å². The number of halogens is 1. The Labute approximate surface area is 182 Å². The number of hydrogen-bond acceptors (Lipinski definition) is 7. The Hall–Kier alpha value is -3.31. The quantitative estimate of drug-likeness (QED) is 0.420. The topological polar surface area (TPSA) is 106 Å². The highest BCUT2D eigenvalue weighted by molar-refractivity contribution is 7.99. The third kappa shape index (κ3) is 5.44. The average molecular weight is 444 g/mol. The second kappa shape index (κ2) is 9.67. The monoisotopic (exact) mass is 444 g/mol. The molecule has 0 fully saturated rings. The third-order valence-corrected chi connectivity index (χ3v) is 5.72. The van der Waals surface area contributed by atoms with E-state index in [0.29, 0.717) is 15.6 Å². The molecule has 3 aromatic rings. The lowest BCUT2D eigenvalue weighted by Gasteiger charge is -2.25. The molecule has 1 aromatic heterocycles. The smallest absolute Gasteiger partial charge is 0.284 e. The van der Waals surface area contributed by atoms with Crippen LogP contribution in [0.3, 0.4) is 0 Å². The second-order valence-corrected chi connectivity index (χ2v) is 8.02. The van der Waals surface area contributed by atoms with Gasteiger partial charge in [-0.15, -0.1) is 10.2 Å². The van der Waals surface area contributed by atoms with Crippen molar-refractivity contribution in [3.8, 4) is 0 Å². The number of carbonyl (C=O) groups excluding carboxylic acids is 1. The maximum Gasteiger partial charge on any atom is 0.284 e. The largest absolute Gasteiger partial charge is 0.350 e. The van der Waals surface area contributed by atoms with Crippen molar-refractivity contribution in [3.63, 3.8) is 0 Å². The number of benzene rings is 2. The summed E-state index contributed by atoms with van der Waals surface area (Å²) < 4.78 is 15.2. The number of hydrogen-bond donors (Lipinski definition) is 1. The first-order valence-electron chi connectivity index (χ1n) is 9.26. The number of nitro benzene ring substituents is 1. The minimum Gasteiger partial charge on any atom is -0.350 e. The highest BCUT2D eigenvalue weighted by Crippen LogP contribution is 2.34. The summed E-state index contributed by atoms with van der Waals surface area (Å²) in [5, 5.41) is 22.5. The number of aryl methyl sites for hydroxylation is 1. The van der Waals surface area contributed by atoms with Crippen molar-refractivity contribution in [2.75, 3.05) is 20.6 Å². The van der Waals surface area contributed by atoms with Gasteiger partial charge in [-0.25, -0.2) is 4.39 Å². The van der Waals surface area contributed by atoms with Crippen LogP contribution in [0.15, 0.2) is 58.8 Å². The van der Waals surface area contributed by atoms with Gasteiger partial charge in [0.2, 0.25) is 0 Å². The molecule has 2 aromatic carbocycles. The summed E-state index contributed by atoms with van der Waals surface area (Å²) in [6.45, 7) is 0.207. The van der Waals surface area contributed by atoms with Crippen molar-refractivity contribution in [2.45, 2.75) is 16.1 Å². The molecule has 0 saturated carbocycles. The number of likely N-dealkylation sites (N-methyl/N-ethyl adjacent to an activating group) is 1. The zero-order valence-corrected chi connectivity index (χ0v) is 18.0. The van der Waals surface area contributed by atoms with Gasteiger partial charge in [0.25, 0.3) is 11.6 Å². The molecule has 0 aliphatic heterocycles. The van der Waals surface area contributed by atoms with Crippen LogP contribution in [0.2, 0.25) is 0 Å². The zero-order valence-electron chi connectivity index (χ0n) is 17.2. The predicted octanol–water partition coefficient (Wildman–Crippen LogP) is 3.05. The van der Waals surface area contributed by atoms with Crippen LogP contribution in [0.25, 0.3) is 0 Å². The Balaban J connectivity index is 1.77. The summed E-state index contributed by atoms with van der Waals surface area (Å²) in [6.07, 6.45) is 1.50. The maximum absolute atomic E-state index is 13.6. The Morgan fingerprint density at radius 3 is 2.71 bits per heavy atom. The molecule has 1 unspecified atom stereocenters. The highest BCUT2D eigenvalue weighted by Gasteiger charge is 2.21. The molecule has 31 heavy (non-hydrogen) atoms. The van der Waals surface area contributed by atoms with Crippen LogP contribution < -0.4 is 5.32 Å². The minimum absolute atomic E-state index is 0.158. The molecule has 0 radical (unpaired) electrons. The minimum atomic E-state index is -0.537. The fourth-order valence-electron chi connectivity index (χ4n) is 2.95. The van der Waals surface area contributed by atoms with Gasteiger partial charge in [-0.2, -0.15) is 0 Å². The van der Waals surface area contributed by atoms with Crippen molar-refractivity contribution in [2.24, 2.45) is 7.05 Å². The molecular weight excluding hydrogens is 423 g/mol. The number of nitrogens with one attached hydrogen (secondary N) is 1. The fraction of sp³-hybridized carbons (Fsp3) is 0.250. The third-order valence-electron chi connectivity index (χ3n) is 4.60. The van der Waals surface area contributed by atoms with Gasteiger partial charge < -0.3 is 14.8 Å². The molecule has 162 valence electrons. The SMILES string of the molecule is CN(C)C(CNC(=O)c1ccc(Sc2nncn2C)c([N+](=O)[O-])c1)c1cccc(F)c1. The van der Waals surface area contributed by atoms with Crippen LogP contribution >= 0.6 is 11.8 Å². The summed E-state index contributed by atoms with van der Waals surface area (Å²) in [4.78, 5) is 25.9. The number of aromatic nitrogens is 3. The number of amides is 1. The lowest BCUT2D eigenvalue weighted by atomic mass is 10.1. The van der Waals surface area contributed by atoms with Crippen molar-refractivity contribution < 1.29 is 14.1 Å². The first-order chi connectivity index (χ1) is 14.8. The van der Waals surface area contributed by atoms with Crippen molar-refractivity contribution in [1.29, 1.82) is 0 Å². The fourth-order valence-corrected chi connectivity index (χ4v) is 3.80. The molecule has 0 saturated heterocycles. The Bertz CT molecular complexity index is 1100. The second-order valence-electron chi connectivity index (χ2n) is 7.01. The standard InChI is InChI=1S/C20H21FN6O3S/c1-25(2)17(13-5-4-6-15(21)9-13)11-22-19(28)14-7-8-18(16(10-14)27(29)30)31-20-24-23-12-26(20)3/h4-10,12,17H,11H2,1-3H3,(H,22,28). The number of carbonyl (C=O) groups is 1. The van der Waals surface area contributed by atoms with Crippen LogP contribution in [0, 0.1) is 15.9 Å². The summed E-state index contributed by atoms with van der Waals surface area (Å²) in [6, 6.07) is 10.2. The van der Waals surface area contributed by atoms with Crippen LogP contribution in [0.1, 0.15) is 22.0 Å². The molecule has 1 amide bonds. The lowest BCUT2D eigenvalue weighted by molar-refractivity contribution is -0.387. The normalized spacial score (nSPS) is 12.0. The Morgan fingerprint density at radius 1 is 1.32 bits per heavy atom. The van der Waals surface area contributed by atoms with Gasteiger partial charge in [-0.3, -0.25) is 14.9 Å². The van der Waals surface area contributed by atoms with E-state index in [9.17, 15) is 19.3 Å². The molecule has 1 atom stereocenters. The van der Waals surface area contributed by atoms with E-state index in [4.69, 9.17) is 0 Å². The van der Waals surface area contributed by atoms with Crippen LogP contribution in [0.4, 0.5) is 10.1 Å². The molecule has 0 spiro atoms. The van der Waals surface area contributed by atoms with Gasteiger partial charge in [-0.05, 0) is 55.7 Å². The number of rotatable bonds is 8. The van der Waals surface area contributed by atoms with Gasteiger partial charge in [0.05, 0.1) is 15.9 Å². The first kappa shape index (κ1) is 22.4. The summed E-state index contributed by atoms with van der Waals surface area (Å²) >= 11 is 1.09. The van der Waals surface area contributed by atoms with E-state index in [-0.39, 0.29) is 29.7 Å². The summed E-state index contributed by atoms with van der Waals surface area (Å²) in [5.41, 5.74) is 0.674. The molecular formula is C20H21FN6O3S. The van der Waals surface area contributed by atoms with Gasteiger partial charge in [-0.1, -0.05) is 12.1 Å². The maximum atomic E-state index is 13.6. The van der Waals surface area contributed by atoms with E-state index in [0.717, 1.165) is 11.8 Å². The zero-order chi connectivity index (χ0) is 22.5. The Kier molecular flexibility index (Phi) is 6.98. The van der Waals surface area contributed by atoms with Gasteiger partial charge in [0.1, 0.15) is 12.1 Å². The van der Waals surface area contributed by atoms with Crippen molar-refractivity contribution >= 4 is 23.4 Å². The molecule has 9 nitrogen and oxygen atoms in total. The van der Waals surface area contributed by atoms with Gasteiger partial charge in [0.15, 0.2) is 5.16 Å². The highest BCUT2D eigenvalue weighted by atomic mass is 32.2. The van der Waals surface area contributed by atoms with E-state index in [2.05, 4.69) is 15.5 Å². The number of nitrogens with zero attached hydrogens (tertiary/aromatic N) is 5. The van der Waals surface area contributed by atoms with Crippen LogP contribution in [-0.2, 0) is 7.05 Å². The van der Waals surface area contributed by atoms with E-state index in [1.165, 1.54) is 36.7 Å². The molecule has 0 aliphatic carbocycles. The first-order valence-corrected chi connectivity index (χ1v) is 10.1. The van der Waals surface area contributed by atoms with E-state index in [1.807, 2.05) is 19.0 Å². The summed E-state index contributed by atoms with van der Waals surface area (Å²) in [5.74, 6) is -0.816. The molecule has 0 aliphatic rings. The van der Waals surface area contributed by atoms with Gasteiger partial charge >= 0.3 is 0 Å². The van der Waals surface area contributed by atoms with E-state index < -0.39 is 10.8 Å². The lowest BCUT2D eigenvalue weighted by Crippen LogP contribution is -2.34. The van der Waals surface area contributed by atoms with Crippen LogP contribution in [-0.4, -0.2) is 51.1 Å². The average Bonchev–Trinajstić information content (AvgIpc) is 3.12. The number of nitro groups is 1. The molecule has 1 heterocycles. The summed E-state index contributed by atoms with van der Waals surface area (Å²) in [7, 11) is 5.38. The van der Waals surface area contributed by atoms with E-state index in [1.54, 1.807) is 23.7 Å². The molecule has 11 heteroatoms. The molecule has 0 bridgehead atoms. The predicted molar refractivity (Wildman–Crippen MR) is 113 cm³/mol. The molecule has 1 N–H and O–H groups in total. The Morgan fingerprint density at radius 2 is 2.10 bits per heavy atom. The molecule has 3 rings (SSSR count). The van der Waals surface area contributed by atoms with Crippen molar-refractivity contribution in [3.05, 3.63) is 75.9 Å². The van der Waals surface area contributed by atoms with Crippen LogP contribution in [0.5, 0.6) is 0 Å². The van der Waals surface area contributed by atoms with E-state index >= 15 is 0 Å².